The maximum Gasteiger partial charge on any atom is 0.303 e. The molecule has 5 heteroatoms. The number of fused-ring (bicyclic) bond motifs is 2. The third-order valence-corrected chi connectivity index (χ3v) is 4.11. The minimum absolute atomic E-state index is 0.307. The van der Waals surface area contributed by atoms with Gasteiger partial charge in [-0.25, -0.2) is 4.98 Å². The Morgan fingerprint density at radius 1 is 1.33 bits per heavy atom. The topological polar surface area (TPSA) is 66.3 Å². The quantitative estimate of drug-likeness (QED) is 0.880. The predicted octanol–water partition coefficient (Wildman–Crippen LogP) is 1.70. The molecule has 2 unspecified atom stereocenters. The molecule has 1 aromatic heterocycles. The van der Waals surface area contributed by atoms with Crippen LogP contribution in [0.25, 0.3) is 0 Å². The van der Waals surface area contributed by atoms with Crippen LogP contribution in [-0.2, 0) is 4.79 Å². The number of rotatable bonds is 3. The monoisotopic (exact) mass is 247 g/mol. The number of hydrogen-bond acceptors (Lipinski definition) is 4. The minimum atomic E-state index is -0.674. The van der Waals surface area contributed by atoms with Gasteiger partial charge in [0.05, 0.1) is 6.20 Å². The second-order valence-corrected chi connectivity index (χ2v) is 5.29. The summed E-state index contributed by atoms with van der Waals surface area (Å²) in [5, 5.41) is 8.91. The van der Waals surface area contributed by atoms with Crippen molar-refractivity contribution in [2.45, 2.75) is 44.2 Å². The molecule has 2 aliphatic rings. The van der Waals surface area contributed by atoms with E-state index in [2.05, 4.69) is 14.9 Å². The molecule has 1 aromatic rings. The lowest BCUT2D eigenvalue weighted by molar-refractivity contribution is -0.138. The van der Waals surface area contributed by atoms with Gasteiger partial charge >= 0.3 is 5.97 Å². The third kappa shape index (κ3) is 2.05. The van der Waals surface area contributed by atoms with E-state index in [1.165, 1.54) is 0 Å². The molecule has 1 N–H and O–H groups in total. The Bertz CT molecular complexity index is 423. The lowest BCUT2D eigenvalue weighted by Gasteiger charge is -2.39. The summed E-state index contributed by atoms with van der Waals surface area (Å²) < 4.78 is 0. The Balaban J connectivity index is 1.76. The van der Waals surface area contributed by atoms with Crippen LogP contribution in [0.1, 0.15) is 32.1 Å². The number of nitrogens with zero attached hydrogens (tertiary/aromatic N) is 3. The van der Waals surface area contributed by atoms with Gasteiger partial charge in [0.1, 0.15) is 5.82 Å². The van der Waals surface area contributed by atoms with E-state index in [-0.39, 0.29) is 0 Å². The second-order valence-electron chi connectivity index (χ2n) is 5.29. The number of aromatic nitrogens is 2. The van der Waals surface area contributed by atoms with Crippen LogP contribution in [0.3, 0.4) is 0 Å². The van der Waals surface area contributed by atoms with Gasteiger partial charge in [0, 0.05) is 30.9 Å². The zero-order chi connectivity index (χ0) is 12.5. The van der Waals surface area contributed by atoms with Crippen LogP contribution in [-0.4, -0.2) is 33.1 Å². The summed E-state index contributed by atoms with van der Waals surface area (Å²) >= 11 is 0. The van der Waals surface area contributed by atoms with E-state index in [1.807, 2.05) is 6.20 Å². The molecule has 2 bridgehead atoms. The van der Waals surface area contributed by atoms with Crippen molar-refractivity contribution in [1.29, 1.82) is 0 Å². The first-order valence-electron chi connectivity index (χ1n) is 6.50. The molecule has 2 saturated heterocycles. The van der Waals surface area contributed by atoms with Crippen LogP contribution < -0.4 is 4.90 Å². The summed E-state index contributed by atoms with van der Waals surface area (Å²) in [5.74, 6) is 0.596. The Hall–Kier alpha value is -1.65. The number of carboxylic acids is 1. The fourth-order valence-corrected chi connectivity index (χ4v) is 3.50. The van der Waals surface area contributed by atoms with Crippen molar-refractivity contribution in [2.75, 3.05) is 4.90 Å². The standard InChI is InChI=1S/C13H17N3O2/c17-13(18)7-9-5-10-1-2-11(6-9)16(10)12-8-14-3-4-15-12/h3-4,8-11H,1-2,5-7H2,(H,17,18). The normalized spacial score (nSPS) is 30.4. The maximum atomic E-state index is 10.8. The predicted molar refractivity (Wildman–Crippen MR) is 66.3 cm³/mol. The molecular formula is C13H17N3O2. The van der Waals surface area contributed by atoms with Gasteiger partial charge < -0.3 is 10.0 Å². The molecule has 0 saturated carbocycles. The van der Waals surface area contributed by atoms with Gasteiger partial charge in [-0.15, -0.1) is 0 Å². The molecule has 96 valence electrons. The highest BCUT2D eigenvalue weighted by Gasteiger charge is 2.41. The van der Waals surface area contributed by atoms with E-state index in [9.17, 15) is 4.79 Å². The maximum absolute atomic E-state index is 10.8. The molecule has 0 aliphatic carbocycles. The van der Waals surface area contributed by atoms with E-state index in [4.69, 9.17) is 5.11 Å². The zero-order valence-electron chi connectivity index (χ0n) is 10.2. The van der Waals surface area contributed by atoms with E-state index >= 15 is 0 Å². The first-order chi connectivity index (χ1) is 8.74. The van der Waals surface area contributed by atoms with E-state index < -0.39 is 5.97 Å². The van der Waals surface area contributed by atoms with Crippen LogP contribution in [0.5, 0.6) is 0 Å². The van der Waals surface area contributed by atoms with Crippen molar-refractivity contribution < 1.29 is 9.90 Å². The molecule has 0 radical (unpaired) electrons. The first-order valence-corrected chi connectivity index (χ1v) is 6.50. The van der Waals surface area contributed by atoms with Crippen molar-refractivity contribution >= 4 is 11.8 Å². The molecular weight excluding hydrogens is 230 g/mol. The first kappa shape index (κ1) is 11.4. The molecule has 0 aromatic carbocycles. The molecule has 5 nitrogen and oxygen atoms in total. The zero-order valence-corrected chi connectivity index (χ0v) is 10.2. The molecule has 18 heavy (non-hydrogen) atoms. The summed E-state index contributed by atoms with van der Waals surface area (Å²) in [6.45, 7) is 0. The Kier molecular flexibility index (Phi) is 2.89. The number of piperidine rings is 1. The van der Waals surface area contributed by atoms with Crippen molar-refractivity contribution in [1.82, 2.24) is 9.97 Å². The van der Waals surface area contributed by atoms with Crippen molar-refractivity contribution in [2.24, 2.45) is 5.92 Å². The Morgan fingerprint density at radius 3 is 2.61 bits per heavy atom. The fraction of sp³-hybridized carbons (Fsp3) is 0.615. The van der Waals surface area contributed by atoms with Gasteiger partial charge in [-0.1, -0.05) is 0 Å². The summed E-state index contributed by atoms with van der Waals surface area (Å²) in [6, 6.07) is 0.898. The highest BCUT2D eigenvalue weighted by molar-refractivity contribution is 5.67. The van der Waals surface area contributed by atoms with Gasteiger partial charge in [-0.2, -0.15) is 0 Å². The third-order valence-electron chi connectivity index (χ3n) is 4.11. The van der Waals surface area contributed by atoms with Gasteiger partial charge in [-0.3, -0.25) is 9.78 Å². The lowest BCUT2D eigenvalue weighted by Crippen LogP contribution is -2.43. The molecule has 2 fully saturated rings. The average Bonchev–Trinajstić information content (AvgIpc) is 2.62. The fourth-order valence-electron chi connectivity index (χ4n) is 3.50. The highest BCUT2D eigenvalue weighted by Crippen LogP contribution is 2.41. The van der Waals surface area contributed by atoms with E-state index in [0.717, 1.165) is 31.5 Å². The van der Waals surface area contributed by atoms with E-state index in [1.54, 1.807) is 12.4 Å². The summed E-state index contributed by atoms with van der Waals surface area (Å²) in [7, 11) is 0. The average molecular weight is 247 g/mol. The van der Waals surface area contributed by atoms with Gasteiger partial charge in [-0.05, 0) is 31.6 Å². The van der Waals surface area contributed by atoms with Crippen molar-refractivity contribution in [3.05, 3.63) is 18.6 Å². The van der Waals surface area contributed by atoms with Crippen molar-refractivity contribution in [3.63, 3.8) is 0 Å². The number of anilines is 1. The lowest BCUT2D eigenvalue weighted by atomic mass is 9.88. The summed E-state index contributed by atoms with van der Waals surface area (Å²) in [4.78, 5) is 21.7. The SMILES string of the molecule is O=C(O)CC1CC2CCC(C1)N2c1cnccn1. The summed E-state index contributed by atoms with van der Waals surface area (Å²) in [5.41, 5.74) is 0. The van der Waals surface area contributed by atoms with Gasteiger partial charge in [0.2, 0.25) is 0 Å². The minimum Gasteiger partial charge on any atom is -0.481 e. The Labute approximate surface area is 106 Å². The van der Waals surface area contributed by atoms with Crippen LogP contribution in [0.2, 0.25) is 0 Å². The van der Waals surface area contributed by atoms with Gasteiger partial charge in [0.25, 0.3) is 0 Å². The molecule has 0 amide bonds. The summed E-state index contributed by atoms with van der Waals surface area (Å²) in [6.07, 6.45) is 9.76. The number of aliphatic carboxylic acids is 1. The molecule has 2 aliphatic heterocycles. The molecule has 3 rings (SSSR count). The van der Waals surface area contributed by atoms with Gasteiger partial charge in [0.15, 0.2) is 0 Å². The van der Waals surface area contributed by atoms with Crippen LogP contribution in [0.4, 0.5) is 5.82 Å². The molecule has 0 spiro atoms. The smallest absolute Gasteiger partial charge is 0.303 e. The highest BCUT2D eigenvalue weighted by atomic mass is 16.4. The van der Waals surface area contributed by atoms with Crippen molar-refractivity contribution in [3.8, 4) is 0 Å². The largest absolute Gasteiger partial charge is 0.481 e. The van der Waals surface area contributed by atoms with Crippen LogP contribution in [0.15, 0.2) is 18.6 Å². The number of carboxylic acid groups (broad SMARTS) is 1. The second kappa shape index (κ2) is 4.55. The Morgan fingerprint density at radius 2 is 2.06 bits per heavy atom. The molecule has 3 heterocycles. The number of hydrogen-bond donors (Lipinski definition) is 1. The molecule has 2 atom stereocenters. The van der Waals surface area contributed by atoms with E-state index in [0.29, 0.717) is 24.4 Å². The number of carbonyl (C=O) groups is 1. The van der Waals surface area contributed by atoms with Crippen LogP contribution in [0, 0.1) is 5.92 Å². The van der Waals surface area contributed by atoms with Crippen LogP contribution >= 0.6 is 0 Å².